The highest BCUT2D eigenvalue weighted by Gasteiger charge is 2.24. The summed E-state index contributed by atoms with van der Waals surface area (Å²) >= 11 is 1.46. The van der Waals surface area contributed by atoms with Gasteiger partial charge in [0.1, 0.15) is 12.1 Å². The molecular formula is C15H20N6OS. The third kappa shape index (κ3) is 3.31. The zero-order valence-electron chi connectivity index (χ0n) is 13.6. The molecule has 8 heteroatoms. The molecule has 1 aliphatic rings. The van der Waals surface area contributed by atoms with Crippen molar-refractivity contribution in [3.63, 3.8) is 0 Å². The number of carbonyl (C=O) groups excluding carboxylic acids is 1. The van der Waals surface area contributed by atoms with Crippen LogP contribution in [0.1, 0.15) is 11.3 Å². The second-order valence-electron chi connectivity index (χ2n) is 5.69. The Balaban J connectivity index is 1.66. The average molecular weight is 332 g/mol. The fourth-order valence-corrected chi connectivity index (χ4v) is 3.48. The van der Waals surface area contributed by atoms with Gasteiger partial charge < -0.3 is 14.4 Å². The van der Waals surface area contributed by atoms with Crippen LogP contribution in [-0.4, -0.2) is 56.7 Å². The van der Waals surface area contributed by atoms with E-state index in [0.717, 1.165) is 28.7 Å². The number of rotatable bonds is 4. The lowest BCUT2D eigenvalue weighted by Gasteiger charge is -2.30. The van der Waals surface area contributed by atoms with Gasteiger partial charge in [-0.05, 0) is 6.42 Å². The van der Waals surface area contributed by atoms with E-state index in [1.54, 1.807) is 12.5 Å². The second-order valence-corrected chi connectivity index (χ2v) is 6.63. The zero-order valence-corrected chi connectivity index (χ0v) is 14.4. The highest BCUT2D eigenvalue weighted by Crippen LogP contribution is 2.25. The Kier molecular flexibility index (Phi) is 4.51. The van der Waals surface area contributed by atoms with Crippen LogP contribution in [0, 0.1) is 0 Å². The molecule has 0 aromatic carbocycles. The van der Waals surface area contributed by atoms with E-state index in [1.807, 2.05) is 41.7 Å². The monoisotopic (exact) mass is 332 g/mol. The molecule has 122 valence electrons. The summed E-state index contributed by atoms with van der Waals surface area (Å²) in [6.07, 6.45) is 5.99. The summed E-state index contributed by atoms with van der Waals surface area (Å²) in [7, 11) is 5.88. The van der Waals surface area contributed by atoms with Gasteiger partial charge in [-0.25, -0.2) is 15.0 Å². The number of nitrogens with zero attached hydrogens (tertiary/aromatic N) is 6. The van der Waals surface area contributed by atoms with Gasteiger partial charge >= 0.3 is 0 Å². The third-order valence-corrected chi connectivity index (χ3v) is 4.91. The lowest BCUT2D eigenvalue weighted by Crippen LogP contribution is -2.38. The largest absolute Gasteiger partial charge is 0.362 e. The van der Waals surface area contributed by atoms with E-state index < -0.39 is 0 Å². The number of anilines is 1. The van der Waals surface area contributed by atoms with Gasteiger partial charge in [-0.1, -0.05) is 11.8 Å². The second kappa shape index (κ2) is 6.57. The van der Waals surface area contributed by atoms with Gasteiger partial charge in [0, 0.05) is 45.6 Å². The van der Waals surface area contributed by atoms with E-state index in [0.29, 0.717) is 18.8 Å². The van der Waals surface area contributed by atoms with E-state index >= 15 is 0 Å². The predicted octanol–water partition coefficient (Wildman–Crippen LogP) is 0.953. The van der Waals surface area contributed by atoms with Crippen LogP contribution in [0.5, 0.6) is 0 Å². The first-order chi connectivity index (χ1) is 11.1. The quantitative estimate of drug-likeness (QED) is 0.777. The standard InChI is InChI=1S/C15H20N6OS/c1-19(2)14-11-4-6-21(8-12(11)17-10-18-14)13(22)9-23-15-16-5-7-20(15)3/h5,7,10H,4,6,8-9H2,1-3H3. The molecule has 7 nitrogen and oxygen atoms in total. The molecular weight excluding hydrogens is 312 g/mol. The Morgan fingerprint density at radius 2 is 2.17 bits per heavy atom. The van der Waals surface area contributed by atoms with Gasteiger partial charge in [-0.3, -0.25) is 4.79 Å². The molecule has 0 saturated heterocycles. The van der Waals surface area contributed by atoms with Gasteiger partial charge in [0.15, 0.2) is 5.16 Å². The van der Waals surface area contributed by atoms with E-state index in [9.17, 15) is 4.79 Å². The Morgan fingerprint density at radius 1 is 1.35 bits per heavy atom. The first-order valence-corrected chi connectivity index (χ1v) is 8.43. The molecule has 0 radical (unpaired) electrons. The number of fused-ring (bicyclic) bond motifs is 1. The number of thioether (sulfide) groups is 1. The van der Waals surface area contributed by atoms with Crippen molar-refractivity contribution in [2.45, 2.75) is 18.1 Å². The van der Waals surface area contributed by atoms with Crippen LogP contribution < -0.4 is 4.90 Å². The lowest BCUT2D eigenvalue weighted by atomic mass is 10.1. The van der Waals surface area contributed by atoms with Crippen LogP contribution in [0.3, 0.4) is 0 Å². The Bertz CT molecular complexity index is 714. The molecule has 1 aliphatic heterocycles. The fraction of sp³-hybridized carbons (Fsp3) is 0.467. The van der Waals surface area contributed by atoms with Gasteiger partial charge in [-0.15, -0.1) is 0 Å². The minimum atomic E-state index is 0.119. The number of imidazole rings is 1. The lowest BCUT2D eigenvalue weighted by molar-refractivity contribution is -0.129. The summed E-state index contributed by atoms with van der Waals surface area (Å²) in [5, 5.41) is 0.855. The number of hydrogen-bond acceptors (Lipinski definition) is 6. The summed E-state index contributed by atoms with van der Waals surface area (Å²) in [5.41, 5.74) is 2.10. The molecule has 0 saturated carbocycles. The molecule has 0 spiro atoms. The van der Waals surface area contributed by atoms with Crippen molar-refractivity contribution < 1.29 is 4.79 Å². The van der Waals surface area contributed by atoms with Crippen molar-refractivity contribution >= 4 is 23.5 Å². The van der Waals surface area contributed by atoms with Crippen LogP contribution in [0.15, 0.2) is 23.9 Å². The number of carbonyl (C=O) groups is 1. The van der Waals surface area contributed by atoms with E-state index in [1.165, 1.54) is 11.8 Å². The first-order valence-electron chi connectivity index (χ1n) is 7.44. The van der Waals surface area contributed by atoms with Crippen LogP contribution >= 0.6 is 11.8 Å². The highest BCUT2D eigenvalue weighted by molar-refractivity contribution is 7.99. The van der Waals surface area contributed by atoms with E-state index in [2.05, 4.69) is 15.0 Å². The zero-order chi connectivity index (χ0) is 16.4. The van der Waals surface area contributed by atoms with Crippen molar-refractivity contribution in [1.82, 2.24) is 24.4 Å². The van der Waals surface area contributed by atoms with Crippen LogP contribution in [0.2, 0.25) is 0 Å². The molecule has 2 aromatic heterocycles. The molecule has 0 bridgehead atoms. The molecule has 3 rings (SSSR count). The number of aryl methyl sites for hydroxylation is 1. The highest BCUT2D eigenvalue weighted by atomic mass is 32.2. The molecule has 23 heavy (non-hydrogen) atoms. The maximum Gasteiger partial charge on any atom is 0.233 e. The average Bonchev–Trinajstić information content (AvgIpc) is 2.96. The summed E-state index contributed by atoms with van der Waals surface area (Å²) < 4.78 is 1.92. The number of hydrogen-bond donors (Lipinski definition) is 0. The topological polar surface area (TPSA) is 67.2 Å². The smallest absolute Gasteiger partial charge is 0.233 e. The summed E-state index contributed by atoms with van der Waals surface area (Å²) in [5.74, 6) is 1.46. The summed E-state index contributed by atoms with van der Waals surface area (Å²) in [6.45, 7) is 1.26. The Hall–Kier alpha value is -2.09. The van der Waals surface area contributed by atoms with Crippen LogP contribution in [-0.2, 0) is 24.8 Å². The van der Waals surface area contributed by atoms with Crippen molar-refractivity contribution in [3.05, 3.63) is 30.0 Å². The predicted molar refractivity (Wildman–Crippen MR) is 89.4 cm³/mol. The van der Waals surface area contributed by atoms with Crippen LogP contribution in [0.25, 0.3) is 0 Å². The van der Waals surface area contributed by atoms with E-state index in [-0.39, 0.29) is 5.91 Å². The van der Waals surface area contributed by atoms with Gasteiger partial charge in [-0.2, -0.15) is 0 Å². The van der Waals surface area contributed by atoms with Gasteiger partial charge in [0.2, 0.25) is 5.91 Å². The van der Waals surface area contributed by atoms with Crippen LogP contribution in [0.4, 0.5) is 5.82 Å². The molecule has 0 atom stereocenters. The minimum Gasteiger partial charge on any atom is -0.362 e. The van der Waals surface area contributed by atoms with Crippen molar-refractivity contribution in [1.29, 1.82) is 0 Å². The molecule has 1 amide bonds. The fourth-order valence-electron chi connectivity index (χ4n) is 2.64. The molecule has 0 fully saturated rings. The van der Waals surface area contributed by atoms with Crippen molar-refractivity contribution in [2.24, 2.45) is 7.05 Å². The third-order valence-electron chi connectivity index (χ3n) is 3.86. The summed E-state index contributed by atoms with van der Waals surface area (Å²) in [4.78, 5) is 29.2. The first kappa shape index (κ1) is 15.8. The maximum absolute atomic E-state index is 12.4. The Morgan fingerprint density at radius 3 is 2.87 bits per heavy atom. The molecule has 2 aromatic rings. The normalized spacial score (nSPS) is 13.8. The molecule has 0 unspecified atom stereocenters. The van der Waals surface area contributed by atoms with Crippen molar-refractivity contribution in [2.75, 3.05) is 31.3 Å². The van der Waals surface area contributed by atoms with Gasteiger partial charge in [0.05, 0.1) is 18.0 Å². The number of aromatic nitrogens is 4. The molecule has 0 N–H and O–H groups in total. The maximum atomic E-state index is 12.4. The molecule has 0 aliphatic carbocycles. The minimum absolute atomic E-state index is 0.119. The molecule has 3 heterocycles. The van der Waals surface area contributed by atoms with Crippen molar-refractivity contribution in [3.8, 4) is 0 Å². The SMILES string of the molecule is CN(C)c1ncnc2c1CCN(C(=O)CSc1nccn1C)C2. The summed E-state index contributed by atoms with van der Waals surface area (Å²) in [6, 6.07) is 0. The van der Waals surface area contributed by atoms with E-state index in [4.69, 9.17) is 0 Å². The van der Waals surface area contributed by atoms with Gasteiger partial charge in [0.25, 0.3) is 0 Å². The number of amides is 1. The Labute approximate surface area is 139 Å².